The van der Waals surface area contributed by atoms with Crippen LogP contribution in [-0.4, -0.2) is 22.4 Å². The van der Waals surface area contributed by atoms with Gasteiger partial charge in [-0.25, -0.2) is 4.98 Å². The first-order chi connectivity index (χ1) is 6.22. The molecular formula is C9H15N3O. The van der Waals surface area contributed by atoms with E-state index in [0.29, 0.717) is 13.0 Å². The summed E-state index contributed by atoms with van der Waals surface area (Å²) >= 11 is 0. The Balaban J connectivity index is 2.30. The van der Waals surface area contributed by atoms with E-state index in [2.05, 4.69) is 15.3 Å². The van der Waals surface area contributed by atoms with Crippen molar-refractivity contribution in [1.29, 1.82) is 0 Å². The topological polar surface area (TPSA) is 57.8 Å². The summed E-state index contributed by atoms with van der Waals surface area (Å²) in [6, 6.07) is 0. The van der Waals surface area contributed by atoms with Gasteiger partial charge in [0.1, 0.15) is 5.82 Å². The molecule has 0 aliphatic carbocycles. The lowest BCUT2D eigenvalue weighted by Gasteiger charge is -1.99. The summed E-state index contributed by atoms with van der Waals surface area (Å²) in [4.78, 5) is 18.2. The van der Waals surface area contributed by atoms with Crippen molar-refractivity contribution in [2.45, 2.75) is 26.7 Å². The number of aryl methyl sites for hydroxylation is 2. The Kier molecular flexibility index (Phi) is 3.49. The number of imidazole rings is 1. The van der Waals surface area contributed by atoms with Crippen LogP contribution >= 0.6 is 0 Å². The van der Waals surface area contributed by atoms with Gasteiger partial charge in [-0.15, -0.1) is 0 Å². The van der Waals surface area contributed by atoms with E-state index in [1.807, 2.05) is 13.8 Å². The Morgan fingerprint density at radius 1 is 1.69 bits per heavy atom. The average Bonchev–Trinajstić information content (AvgIpc) is 2.49. The number of amides is 1. The largest absolute Gasteiger partial charge is 0.356 e. The Bertz CT molecular complexity index is 280. The van der Waals surface area contributed by atoms with Gasteiger partial charge in [-0.05, 0) is 20.3 Å². The second-order valence-electron chi connectivity index (χ2n) is 2.95. The summed E-state index contributed by atoms with van der Waals surface area (Å²) in [5.41, 5.74) is 1.02. The number of H-pyrrole nitrogens is 1. The third-order valence-electron chi connectivity index (χ3n) is 1.75. The minimum Gasteiger partial charge on any atom is -0.356 e. The molecule has 0 unspecified atom stereocenters. The predicted molar refractivity (Wildman–Crippen MR) is 50.3 cm³/mol. The molecule has 0 atom stereocenters. The molecular weight excluding hydrogens is 166 g/mol. The highest BCUT2D eigenvalue weighted by Gasteiger charge is 2.01. The van der Waals surface area contributed by atoms with Gasteiger partial charge in [-0.1, -0.05) is 0 Å². The van der Waals surface area contributed by atoms with E-state index < -0.39 is 0 Å². The summed E-state index contributed by atoms with van der Waals surface area (Å²) in [7, 11) is 0. The maximum Gasteiger partial charge on any atom is 0.220 e. The van der Waals surface area contributed by atoms with Crippen molar-refractivity contribution in [2.24, 2.45) is 0 Å². The second kappa shape index (κ2) is 4.64. The molecule has 4 nitrogen and oxygen atoms in total. The van der Waals surface area contributed by atoms with Crippen molar-refractivity contribution in [1.82, 2.24) is 15.3 Å². The fraction of sp³-hybridized carbons (Fsp3) is 0.556. The van der Waals surface area contributed by atoms with Crippen LogP contribution in [0.15, 0.2) is 6.20 Å². The number of hydrogen-bond donors (Lipinski definition) is 2. The van der Waals surface area contributed by atoms with Gasteiger partial charge in [0.05, 0.1) is 0 Å². The molecule has 0 aromatic carbocycles. The standard InChI is InChI=1S/C9H15N3O/c1-3-10-9(13)5-4-8-6-11-7(2)12-8/h6H,3-5H2,1-2H3,(H,10,13)(H,11,12). The number of carbonyl (C=O) groups excluding carboxylic acids is 1. The Labute approximate surface area is 77.8 Å². The maximum atomic E-state index is 11.1. The molecule has 2 N–H and O–H groups in total. The van der Waals surface area contributed by atoms with E-state index in [1.165, 1.54) is 0 Å². The van der Waals surface area contributed by atoms with Crippen molar-refractivity contribution in [3.05, 3.63) is 17.7 Å². The molecule has 13 heavy (non-hydrogen) atoms. The van der Waals surface area contributed by atoms with Crippen LogP contribution < -0.4 is 5.32 Å². The van der Waals surface area contributed by atoms with Crippen LogP contribution in [0.3, 0.4) is 0 Å². The number of aromatic nitrogens is 2. The van der Waals surface area contributed by atoms with Gasteiger partial charge in [-0.2, -0.15) is 0 Å². The lowest BCUT2D eigenvalue weighted by Crippen LogP contribution is -2.22. The molecule has 0 bridgehead atoms. The van der Waals surface area contributed by atoms with Crippen molar-refractivity contribution in [3.8, 4) is 0 Å². The molecule has 1 amide bonds. The Morgan fingerprint density at radius 2 is 2.46 bits per heavy atom. The van der Waals surface area contributed by atoms with Gasteiger partial charge in [-0.3, -0.25) is 4.79 Å². The van der Waals surface area contributed by atoms with Gasteiger partial charge in [0.2, 0.25) is 5.91 Å². The van der Waals surface area contributed by atoms with Crippen molar-refractivity contribution < 1.29 is 4.79 Å². The number of nitrogens with zero attached hydrogens (tertiary/aromatic N) is 1. The molecule has 72 valence electrons. The highest BCUT2D eigenvalue weighted by atomic mass is 16.1. The molecule has 1 aromatic rings. The van der Waals surface area contributed by atoms with Crippen LogP contribution in [0.2, 0.25) is 0 Å². The molecule has 0 spiro atoms. The average molecular weight is 181 g/mol. The highest BCUT2D eigenvalue weighted by molar-refractivity contribution is 5.75. The number of rotatable bonds is 4. The summed E-state index contributed by atoms with van der Waals surface area (Å²) in [5.74, 6) is 0.987. The summed E-state index contributed by atoms with van der Waals surface area (Å²) in [6.45, 7) is 4.51. The number of nitrogens with one attached hydrogen (secondary N) is 2. The van der Waals surface area contributed by atoms with Crippen LogP contribution in [0, 0.1) is 6.92 Å². The van der Waals surface area contributed by atoms with Gasteiger partial charge in [0.25, 0.3) is 0 Å². The second-order valence-corrected chi connectivity index (χ2v) is 2.95. The first-order valence-corrected chi connectivity index (χ1v) is 4.49. The van der Waals surface area contributed by atoms with Crippen LogP contribution in [0.25, 0.3) is 0 Å². The lowest BCUT2D eigenvalue weighted by atomic mass is 10.2. The SMILES string of the molecule is CCNC(=O)CCc1cnc(C)[nH]1. The normalized spacial score (nSPS) is 10.0. The summed E-state index contributed by atoms with van der Waals surface area (Å²) in [6.07, 6.45) is 3.02. The van der Waals surface area contributed by atoms with E-state index in [0.717, 1.165) is 17.9 Å². The van der Waals surface area contributed by atoms with Crippen LogP contribution in [0.1, 0.15) is 24.9 Å². The molecule has 0 fully saturated rings. The van der Waals surface area contributed by atoms with Gasteiger partial charge >= 0.3 is 0 Å². The minimum absolute atomic E-state index is 0.0924. The van der Waals surface area contributed by atoms with E-state index >= 15 is 0 Å². The number of aromatic amines is 1. The molecule has 0 saturated carbocycles. The predicted octanol–water partition coefficient (Wildman–Crippen LogP) is 0.787. The molecule has 0 saturated heterocycles. The van der Waals surface area contributed by atoms with Crippen molar-refractivity contribution in [2.75, 3.05) is 6.54 Å². The molecule has 1 aromatic heterocycles. The fourth-order valence-corrected chi connectivity index (χ4v) is 1.13. The molecule has 0 radical (unpaired) electrons. The fourth-order valence-electron chi connectivity index (χ4n) is 1.13. The third kappa shape index (κ3) is 3.27. The molecule has 1 rings (SSSR count). The van der Waals surface area contributed by atoms with E-state index in [1.54, 1.807) is 6.20 Å². The number of hydrogen-bond acceptors (Lipinski definition) is 2. The van der Waals surface area contributed by atoms with Gasteiger partial charge in [0, 0.05) is 24.9 Å². The van der Waals surface area contributed by atoms with Crippen LogP contribution in [0.5, 0.6) is 0 Å². The molecule has 0 aliphatic rings. The maximum absolute atomic E-state index is 11.1. The van der Waals surface area contributed by atoms with Crippen LogP contribution in [-0.2, 0) is 11.2 Å². The monoisotopic (exact) mass is 181 g/mol. The minimum atomic E-state index is 0.0924. The summed E-state index contributed by atoms with van der Waals surface area (Å²) in [5, 5.41) is 2.75. The first kappa shape index (κ1) is 9.77. The number of carbonyl (C=O) groups is 1. The molecule has 4 heteroatoms. The quantitative estimate of drug-likeness (QED) is 0.721. The van der Waals surface area contributed by atoms with Gasteiger partial charge in [0.15, 0.2) is 0 Å². The van der Waals surface area contributed by atoms with E-state index in [4.69, 9.17) is 0 Å². The van der Waals surface area contributed by atoms with Gasteiger partial charge < -0.3 is 10.3 Å². The highest BCUT2D eigenvalue weighted by Crippen LogP contribution is 1.99. The van der Waals surface area contributed by atoms with E-state index in [-0.39, 0.29) is 5.91 Å². The third-order valence-corrected chi connectivity index (χ3v) is 1.75. The zero-order valence-electron chi connectivity index (χ0n) is 8.05. The summed E-state index contributed by atoms with van der Waals surface area (Å²) < 4.78 is 0. The zero-order valence-corrected chi connectivity index (χ0v) is 8.05. The smallest absolute Gasteiger partial charge is 0.220 e. The first-order valence-electron chi connectivity index (χ1n) is 4.49. The van der Waals surface area contributed by atoms with E-state index in [9.17, 15) is 4.79 Å². The Hall–Kier alpha value is -1.32. The lowest BCUT2D eigenvalue weighted by molar-refractivity contribution is -0.120. The van der Waals surface area contributed by atoms with Crippen molar-refractivity contribution >= 4 is 5.91 Å². The molecule has 1 heterocycles. The van der Waals surface area contributed by atoms with Crippen LogP contribution in [0.4, 0.5) is 0 Å². The molecule has 0 aliphatic heterocycles. The van der Waals surface area contributed by atoms with Crippen molar-refractivity contribution in [3.63, 3.8) is 0 Å². The Morgan fingerprint density at radius 3 is 3.00 bits per heavy atom. The zero-order chi connectivity index (χ0) is 9.68.